The maximum Gasteiger partial charge on any atom is 0.328 e. The van der Waals surface area contributed by atoms with Crippen LogP contribution >= 0.6 is 0 Å². The van der Waals surface area contributed by atoms with Gasteiger partial charge >= 0.3 is 6.03 Å². The number of fused-ring (bicyclic) bond motifs is 1. The second-order valence-electron chi connectivity index (χ2n) is 5.63. The van der Waals surface area contributed by atoms with Crippen LogP contribution in [0, 0.1) is 6.92 Å². The Morgan fingerprint density at radius 2 is 1.80 bits per heavy atom. The van der Waals surface area contributed by atoms with Gasteiger partial charge in [0.2, 0.25) is 0 Å². The number of benzene rings is 2. The smallest absolute Gasteiger partial charge is 0.328 e. The molecule has 8 heteroatoms. The van der Waals surface area contributed by atoms with Crippen LogP contribution in [0.1, 0.15) is 5.56 Å². The van der Waals surface area contributed by atoms with Crippen LogP contribution in [0.25, 0.3) is 0 Å². The molecule has 25 heavy (non-hydrogen) atoms. The first-order valence-corrected chi connectivity index (χ1v) is 9.18. The van der Waals surface area contributed by atoms with Crippen molar-refractivity contribution in [3.05, 3.63) is 54.1 Å². The zero-order valence-electron chi connectivity index (χ0n) is 13.6. The van der Waals surface area contributed by atoms with Gasteiger partial charge < -0.3 is 14.8 Å². The van der Waals surface area contributed by atoms with E-state index >= 15 is 0 Å². The van der Waals surface area contributed by atoms with Crippen LogP contribution in [-0.4, -0.2) is 33.7 Å². The van der Waals surface area contributed by atoms with Crippen LogP contribution in [0.3, 0.4) is 0 Å². The van der Waals surface area contributed by atoms with E-state index in [1.54, 1.807) is 24.3 Å². The van der Waals surface area contributed by atoms with Crippen molar-refractivity contribution in [2.24, 2.45) is 0 Å². The van der Waals surface area contributed by atoms with Crippen molar-refractivity contribution in [2.75, 3.05) is 13.2 Å². The zero-order valence-corrected chi connectivity index (χ0v) is 14.4. The average Bonchev–Trinajstić information content (AvgIpc) is 2.60. The van der Waals surface area contributed by atoms with E-state index in [1.165, 1.54) is 12.1 Å². The second-order valence-corrected chi connectivity index (χ2v) is 7.31. The quantitative estimate of drug-likeness (QED) is 0.865. The van der Waals surface area contributed by atoms with E-state index < -0.39 is 22.2 Å². The molecule has 0 spiro atoms. The fourth-order valence-corrected chi connectivity index (χ4v) is 3.23. The summed E-state index contributed by atoms with van der Waals surface area (Å²) in [6, 6.07) is 12.6. The van der Waals surface area contributed by atoms with E-state index in [1.807, 2.05) is 23.8 Å². The summed E-state index contributed by atoms with van der Waals surface area (Å²) in [7, 11) is -3.91. The van der Waals surface area contributed by atoms with Crippen LogP contribution < -0.4 is 19.5 Å². The maximum atomic E-state index is 12.1. The summed E-state index contributed by atoms with van der Waals surface area (Å²) in [5.74, 6) is 1.23. The third-order valence-corrected chi connectivity index (χ3v) is 4.96. The third kappa shape index (κ3) is 4.21. The summed E-state index contributed by atoms with van der Waals surface area (Å²) in [4.78, 5) is 11.9. The molecule has 2 aromatic rings. The van der Waals surface area contributed by atoms with Crippen LogP contribution in [0.5, 0.6) is 11.5 Å². The number of sulfonamides is 1. The lowest BCUT2D eigenvalue weighted by atomic mass is 10.2. The van der Waals surface area contributed by atoms with Gasteiger partial charge in [0.05, 0.1) is 11.4 Å². The summed E-state index contributed by atoms with van der Waals surface area (Å²) in [6.07, 6.45) is -0.400. The van der Waals surface area contributed by atoms with E-state index in [-0.39, 0.29) is 18.0 Å². The minimum atomic E-state index is -3.91. The molecule has 2 N–H and O–H groups in total. The summed E-state index contributed by atoms with van der Waals surface area (Å²) >= 11 is 0. The molecule has 1 unspecified atom stereocenters. The Bertz CT molecular complexity index is 865. The van der Waals surface area contributed by atoms with Gasteiger partial charge in [-0.25, -0.2) is 17.9 Å². The molecule has 0 radical (unpaired) electrons. The second kappa shape index (κ2) is 7.02. The lowest BCUT2D eigenvalue weighted by Gasteiger charge is -2.26. The van der Waals surface area contributed by atoms with E-state index in [4.69, 9.17) is 9.47 Å². The molecule has 1 atom stereocenters. The van der Waals surface area contributed by atoms with Crippen LogP contribution in [-0.2, 0) is 10.0 Å². The number of nitrogens with one attached hydrogen (secondary N) is 2. The topological polar surface area (TPSA) is 93.7 Å². The van der Waals surface area contributed by atoms with Crippen molar-refractivity contribution < 1.29 is 22.7 Å². The van der Waals surface area contributed by atoms with Gasteiger partial charge in [0.15, 0.2) is 17.6 Å². The predicted octanol–water partition coefficient (Wildman–Crippen LogP) is 1.82. The van der Waals surface area contributed by atoms with Crippen molar-refractivity contribution in [2.45, 2.75) is 17.9 Å². The molecule has 0 saturated carbocycles. The number of rotatable bonds is 4. The van der Waals surface area contributed by atoms with Gasteiger partial charge in [-0.2, -0.15) is 0 Å². The lowest BCUT2D eigenvalue weighted by Crippen LogP contribution is -2.46. The number of ether oxygens (including phenoxy) is 2. The first-order chi connectivity index (χ1) is 11.9. The number of urea groups is 1. The molecular weight excluding hydrogens is 344 g/mol. The average molecular weight is 362 g/mol. The summed E-state index contributed by atoms with van der Waals surface area (Å²) < 4.78 is 37.5. The molecular formula is C17H18N2O5S. The minimum absolute atomic E-state index is 0.0272. The molecule has 1 heterocycles. The molecule has 0 saturated heterocycles. The molecule has 3 rings (SSSR count). The third-order valence-electron chi connectivity index (χ3n) is 3.62. The fourth-order valence-electron chi connectivity index (χ4n) is 2.30. The summed E-state index contributed by atoms with van der Waals surface area (Å²) in [5, 5.41) is 2.49. The Morgan fingerprint density at radius 3 is 2.52 bits per heavy atom. The van der Waals surface area contributed by atoms with E-state index in [0.29, 0.717) is 11.5 Å². The maximum absolute atomic E-state index is 12.1. The van der Waals surface area contributed by atoms with Gasteiger partial charge in [-0.3, -0.25) is 0 Å². The van der Waals surface area contributed by atoms with Crippen LogP contribution in [0.15, 0.2) is 53.4 Å². The number of amides is 2. The Balaban J connectivity index is 1.54. The molecule has 0 aromatic heterocycles. The first kappa shape index (κ1) is 17.1. The van der Waals surface area contributed by atoms with Crippen LogP contribution in [0.2, 0.25) is 0 Å². The molecule has 2 amide bonds. The normalized spacial score (nSPS) is 16.1. The lowest BCUT2D eigenvalue weighted by molar-refractivity contribution is 0.0920. The summed E-state index contributed by atoms with van der Waals surface area (Å²) in [5.41, 5.74) is 0.929. The fraction of sp³-hybridized carbons (Fsp3) is 0.235. The van der Waals surface area contributed by atoms with Gasteiger partial charge in [-0.05, 0) is 31.2 Å². The van der Waals surface area contributed by atoms with Crippen molar-refractivity contribution in [1.29, 1.82) is 0 Å². The standard InChI is InChI=1S/C17H18N2O5S/c1-12-6-8-14(9-7-12)25(21,22)19-17(20)18-10-13-11-23-15-4-2-3-5-16(15)24-13/h2-9,13H,10-11H2,1H3,(H2,18,19,20). The van der Waals surface area contributed by atoms with Crippen LogP contribution in [0.4, 0.5) is 4.79 Å². The highest BCUT2D eigenvalue weighted by atomic mass is 32.2. The van der Waals surface area contributed by atoms with Crippen molar-refractivity contribution in [1.82, 2.24) is 10.0 Å². The molecule has 2 aromatic carbocycles. The summed E-state index contributed by atoms with van der Waals surface area (Å²) in [6.45, 7) is 2.23. The van der Waals surface area contributed by atoms with Gasteiger partial charge in [-0.15, -0.1) is 0 Å². The number of para-hydroxylation sites is 2. The number of carbonyl (C=O) groups is 1. The monoisotopic (exact) mass is 362 g/mol. The van der Waals surface area contributed by atoms with Gasteiger partial charge in [0.25, 0.3) is 10.0 Å². The SMILES string of the molecule is Cc1ccc(S(=O)(=O)NC(=O)NCC2COc3ccccc3O2)cc1. The van der Waals surface area contributed by atoms with Crippen molar-refractivity contribution >= 4 is 16.1 Å². The minimum Gasteiger partial charge on any atom is -0.486 e. The van der Waals surface area contributed by atoms with Gasteiger partial charge in [-0.1, -0.05) is 29.8 Å². The zero-order chi connectivity index (χ0) is 17.9. The molecule has 0 bridgehead atoms. The first-order valence-electron chi connectivity index (χ1n) is 7.70. The molecule has 132 valence electrons. The molecule has 1 aliphatic heterocycles. The Hall–Kier alpha value is -2.74. The molecule has 0 fully saturated rings. The van der Waals surface area contributed by atoms with Crippen molar-refractivity contribution in [3.63, 3.8) is 0 Å². The Kier molecular flexibility index (Phi) is 4.80. The Morgan fingerprint density at radius 1 is 1.12 bits per heavy atom. The van der Waals surface area contributed by atoms with Gasteiger partial charge in [0, 0.05) is 0 Å². The van der Waals surface area contributed by atoms with E-state index in [2.05, 4.69) is 5.32 Å². The Labute approximate surface area is 146 Å². The van der Waals surface area contributed by atoms with Crippen molar-refractivity contribution in [3.8, 4) is 11.5 Å². The predicted molar refractivity (Wildman–Crippen MR) is 91.3 cm³/mol. The molecule has 1 aliphatic rings. The highest BCUT2D eigenvalue weighted by Gasteiger charge is 2.22. The largest absolute Gasteiger partial charge is 0.486 e. The molecule has 0 aliphatic carbocycles. The number of hydrogen-bond acceptors (Lipinski definition) is 5. The number of aryl methyl sites for hydroxylation is 1. The highest BCUT2D eigenvalue weighted by Crippen LogP contribution is 2.30. The number of hydrogen-bond donors (Lipinski definition) is 2. The van der Waals surface area contributed by atoms with E-state index in [9.17, 15) is 13.2 Å². The molecule has 7 nitrogen and oxygen atoms in total. The van der Waals surface area contributed by atoms with Gasteiger partial charge in [0.1, 0.15) is 6.61 Å². The van der Waals surface area contributed by atoms with E-state index in [0.717, 1.165) is 5.56 Å². The number of carbonyl (C=O) groups excluding carboxylic acids is 1. The highest BCUT2D eigenvalue weighted by molar-refractivity contribution is 7.90.